The van der Waals surface area contributed by atoms with Gasteiger partial charge in [0.1, 0.15) is 11.9 Å². The summed E-state index contributed by atoms with van der Waals surface area (Å²) in [5.41, 5.74) is 2.91. The number of amides is 3. The summed E-state index contributed by atoms with van der Waals surface area (Å²) in [5, 5.41) is 18.8. The van der Waals surface area contributed by atoms with E-state index < -0.39 is 6.03 Å². The fraction of sp³-hybridized carbons (Fsp3) is 0.314. The van der Waals surface area contributed by atoms with Gasteiger partial charge in [-0.3, -0.25) is 9.69 Å². The van der Waals surface area contributed by atoms with Gasteiger partial charge in [0.15, 0.2) is 0 Å². The third-order valence-electron chi connectivity index (χ3n) is 8.14. The average molecular weight is 650 g/mol. The number of likely N-dealkylation sites (N-methyl/N-ethyl adjacent to an activating group) is 1. The van der Waals surface area contributed by atoms with Gasteiger partial charge >= 0.3 is 6.03 Å². The highest BCUT2D eigenvalue weighted by atomic mass is 35.5. The molecule has 4 aromatic rings. The van der Waals surface area contributed by atoms with Gasteiger partial charge in [0.25, 0.3) is 0 Å². The molecule has 45 heavy (non-hydrogen) atoms. The zero-order chi connectivity index (χ0) is 32.1. The van der Waals surface area contributed by atoms with Crippen molar-refractivity contribution in [3.05, 3.63) is 100 Å². The maximum atomic E-state index is 13.6. The van der Waals surface area contributed by atoms with Crippen molar-refractivity contribution in [3.63, 3.8) is 0 Å². The Hall–Kier alpha value is -3.82. The molecule has 0 aromatic heterocycles. The van der Waals surface area contributed by atoms with Gasteiger partial charge in [-0.2, -0.15) is 0 Å². The molecule has 1 aliphatic heterocycles. The Kier molecular flexibility index (Phi) is 10.5. The Labute approximate surface area is 273 Å². The van der Waals surface area contributed by atoms with Crippen LogP contribution in [0.2, 0.25) is 10.0 Å². The number of anilines is 2. The summed E-state index contributed by atoms with van der Waals surface area (Å²) in [5.74, 6) is 0.423. The van der Waals surface area contributed by atoms with E-state index in [0.29, 0.717) is 52.4 Å². The maximum absolute atomic E-state index is 13.6. The predicted octanol–water partition coefficient (Wildman–Crippen LogP) is 7.07. The lowest BCUT2D eigenvalue weighted by molar-refractivity contribution is -0.134. The van der Waals surface area contributed by atoms with Crippen LogP contribution in [0.5, 0.6) is 5.75 Å². The van der Waals surface area contributed by atoms with Crippen molar-refractivity contribution in [1.29, 1.82) is 0 Å². The Morgan fingerprint density at radius 3 is 2.60 bits per heavy atom. The molecule has 1 aliphatic rings. The molecule has 236 valence electrons. The first kappa shape index (κ1) is 32.6. The van der Waals surface area contributed by atoms with Crippen LogP contribution in [0.4, 0.5) is 16.2 Å². The summed E-state index contributed by atoms with van der Waals surface area (Å²) in [6.07, 6.45) is -0.206. The molecule has 1 heterocycles. The van der Waals surface area contributed by atoms with Gasteiger partial charge in [-0.15, -0.1) is 0 Å². The molecule has 5 rings (SSSR count). The summed E-state index contributed by atoms with van der Waals surface area (Å²) in [6.45, 7) is 5.37. The second kappa shape index (κ2) is 14.5. The maximum Gasteiger partial charge on any atom is 0.323 e. The number of halogens is 2. The number of aliphatic hydroxyl groups is 1. The zero-order valence-corrected chi connectivity index (χ0v) is 27.1. The van der Waals surface area contributed by atoms with Gasteiger partial charge in [0, 0.05) is 42.2 Å². The highest BCUT2D eigenvalue weighted by Gasteiger charge is 2.31. The van der Waals surface area contributed by atoms with Crippen LogP contribution in [-0.2, 0) is 17.8 Å². The van der Waals surface area contributed by atoms with Gasteiger partial charge in [-0.25, -0.2) is 4.79 Å². The summed E-state index contributed by atoms with van der Waals surface area (Å²) in [6, 6.07) is 23.8. The number of rotatable bonds is 8. The minimum Gasteiger partial charge on any atom is -0.488 e. The molecule has 8 nitrogen and oxygen atoms in total. The lowest BCUT2D eigenvalue weighted by Gasteiger charge is -2.34. The number of urea groups is 1. The van der Waals surface area contributed by atoms with E-state index in [9.17, 15) is 14.7 Å². The highest BCUT2D eigenvalue weighted by Crippen LogP contribution is 2.30. The number of fused-ring (bicyclic) bond motifs is 2. The minimum absolute atomic E-state index is 0.0468. The van der Waals surface area contributed by atoms with Crippen molar-refractivity contribution in [2.24, 2.45) is 5.92 Å². The summed E-state index contributed by atoms with van der Waals surface area (Å²) < 4.78 is 6.64. The van der Waals surface area contributed by atoms with E-state index in [1.54, 1.807) is 29.2 Å². The number of hydrogen-bond donors (Lipinski definition) is 3. The third-order valence-corrected chi connectivity index (χ3v) is 8.88. The first-order chi connectivity index (χ1) is 21.6. The van der Waals surface area contributed by atoms with Gasteiger partial charge in [0.2, 0.25) is 5.91 Å². The van der Waals surface area contributed by atoms with Crippen molar-refractivity contribution in [3.8, 4) is 5.75 Å². The van der Waals surface area contributed by atoms with Crippen LogP contribution >= 0.6 is 23.2 Å². The van der Waals surface area contributed by atoms with E-state index in [-0.39, 0.29) is 37.0 Å². The smallest absolute Gasteiger partial charge is 0.323 e. The van der Waals surface area contributed by atoms with Gasteiger partial charge in [-0.05, 0) is 61.3 Å². The largest absolute Gasteiger partial charge is 0.488 e. The molecule has 0 spiro atoms. The highest BCUT2D eigenvalue weighted by molar-refractivity contribution is 6.42. The van der Waals surface area contributed by atoms with Crippen LogP contribution in [0, 0.1) is 5.92 Å². The third kappa shape index (κ3) is 8.07. The summed E-state index contributed by atoms with van der Waals surface area (Å²) in [4.78, 5) is 30.5. The molecule has 0 saturated heterocycles. The first-order valence-electron chi connectivity index (χ1n) is 15.0. The van der Waals surface area contributed by atoms with Crippen LogP contribution < -0.4 is 15.4 Å². The Morgan fingerprint density at radius 2 is 1.82 bits per heavy atom. The molecule has 0 saturated carbocycles. The van der Waals surface area contributed by atoms with Crippen LogP contribution in [0.15, 0.2) is 78.9 Å². The topological polar surface area (TPSA) is 94.1 Å². The fourth-order valence-electron chi connectivity index (χ4n) is 5.67. The van der Waals surface area contributed by atoms with E-state index in [4.69, 9.17) is 27.9 Å². The summed E-state index contributed by atoms with van der Waals surface area (Å²) in [7, 11) is 2.01. The van der Waals surface area contributed by atoms with E-state index in [1.165, 1.54) is 0 Å². The molecular formula is C35H38Cl2N4O4. The Bertz CT molecular complexity index is 1680. The second-order valence-corrected chi connectivity index (χ2v) is 12.6. The lowest BCUT2D eigenvalue weighted by Crippen LogP contribution is -2.47. The standard InChI is InChI=1S/C35H38Cl2N4O4/c1-22-18-41(23(2)21-42)34(43)17-26-16-27(38-35(44)39-31-10-6-8-25-7-4-5-9-28(25)31)12-14-32(26)45-33(22)20-40(3)19-24-11-13-29(36)30(37)15-24/h4-16,22-23,33,42H,17-21H2,1-3H3,(H2,38,39,44)/t22-,23-,33+/m1/s1. The van der Waals surface area contributed by atoms with Crippen LogP contribution in [0.1, 0.15) is 25.0 Å². The molecule has 4 aromatic carbocycles. The number of nitrogens with one attached hydrogen (secondary N) is 2. The number of benzene rings is 4. The molecular weight excluding hydrogens is 611 g/mol. The van der Waals surface area contributed by atoms with Gasteiger partial charge in [0.05, 0.1) is 34.8 Å². The fourth-order valence-corrected chi connectivity index (χ4v) is 5.99. The molecule has 10 heteroatoms. The number of ether oxygens (including phenoxy) is 1. The van der Waals surface area contributed by atoms with Crippen molar-refractivity contribution >= 4 is 57.3 Å². The number of carbonyl (C=O) groups excluding carboxylic acids is 2. The number of nitrogens with zero attached hydrogens (tertiary/aromatic N) is 2. The SMILES string of the molecule is C[C@@H]1CN([C@H](C)CO)C(=O)Cc2cc(NC(=O)Nc3cccc4ccccc34)ccc2O[C@H]1CN(C)Cc1ccc(Cl)c(Cl)c1. The molecule has 3 atom stereocenters. The second-order valence-electron chi connectivity index (χ2n) is 11.8. The molecule has 0 radical (unpaired) electrons. The summed E-state index contributed by atoms with van der Waals surface area (Å²) >= 11 is 12.3. The molecule has 0 aliphatic carbocycles. The first-order valence-corrected chi connectivity index (χ1v) is 15.7. The molecule has 0 unspecified atom stereocenters. The number of carbonyl (C=O) groups is 2. The van der Waals surface area contributed by atoms with Gasteiger partial charge < -0.3 is 25.4 Å². The molecule has 3 amide bonds. The van der Waals surface area contributed by atoms with E-state index in [2.05, 4.69) is 22.5 Å². The quantitative estimate of drug-likeness (QED) is 0.190. The Balaban J connectivity index is 1.37. The zero-order valence-electron chi connectivity index (χ0n) is 25.6. The minimum atomic E-state index is -0.396. The van der Waals surface area contributed by atoms with Gasteiger partial charge in [-0.1, -0.05) is 72.6 Å². The molecule has 3 N–H and O–H groups in total. The molecule has 0 bridgehead atoms. The molecule has 0 fully saturated rings. The van der Waals surface area contributed by atoms with E-state index in [0.717, 1.165) is 16.3 Å². The van der Waals surface area contributed by atoms with Crippen LogP contribution in [0.3, 0.4) is 0 Å². The van der Waals surface area contributed by atoms with E-state index >= 15 is 0 Å². The van der Waals surface area contributed by atoms with Crippen molar-refractivity contribution in [2.75, 3.05) is 37.4 Å². The Morgan fingerprint density at radius 1 is 1.04 bits per heavy atom. The van der Waals surface area contributed by atoms with Crippen LogP contribution in [0.25, 0.3) is 10.8 Å². The normalized spacial score (nSPS) is 17.6. The van der Waals surface area contributed by atoms with Crippen molar-refractivity contribution in [2.45, 2.75) is 39.0 Å². The monoisotopic (exact) mass is 648 g/mol. The predicted molar refractivity (Wildman–Crippen MR) is 181 cm³/mol. The van der Waals surface area contributed by atoms with E-state index in [1.807, 2.05) is 68.6 Å². The number of hydrogen-bond acceptors (Lipinski definition) is 5. The number of aliphatic hydroxyl groups excluding tert-OH is 1. The van der Waals surface area contributed by atoms with Crippen LogP contribution in [-0.4, -0.2) is 65.7 Å². The lowest BCUT2D eigenvalue weighted by atomic mass is 10.0. The van der Waals surface area contributed by atoms with Crippen molar-refractivity contribution < 1.29 is 19.4 Å². The average Bonchev–Trinajstić information content (AvgIpc) is 3.06. The van der Waals surface area contributed by atoms with Crippen molar-refractivity contribution in [1.82, 2.24) is 9.80 Å².